The number of nitrogens with zero attached hydrogens (tertiary/aromatic N) is 6. The predicted molar refractivity (Wildman–Crippen MR) is 148 cm³/mol. The first-order valence-electron chi connectivity index (χ1n) is 11.1. The van der Waals surface area contributed by atoms with E-state index in [9.17, 15) is 4.79 Å². The molecule has 5 aromatic rings. The molecule has 8 nitrogen and oxygen atoms in total. The maximum atomic E-state index is 13.6. The molecule has 1 N–H and O–H groups in total. The van der Waals surface area contributed by atoms with Crippen LogP contribution in [-0.2, 0) is 11.3 Å². The van der Waals surface area contributed by atoms with Gasteiger partial charge in [0.2, 0.25) is 5.13 Å². The van der Waals surface area contributed by atoms with Crippen molar-refractivity contribution >= 4 is 74.4 Å². The highest BCUT2D eigenvalue weighted by molar-refractivity contribution is 8.04. The largest absolute Gasteiger partial charge is 0.280 e. The van der Waals surface area contributed by atoms with Crippen LogP contribution in [0.25, 0.3) is 17.1 Å². The fourth-order valence-electron chi connectivity index (χ4n) is 3.89. The second-order valence-corrected chi connectivity index (χ2v) is 11.0. The Morgan fingerprint density at radius 3 is 2.51 bits per heavy atom. The number of thioether (sulfide) groups is 1. The molecule has 1 atom stereocenters. The van der Waals surface area contributed by atoms with Gasteiger partial charge in [-0.1, -0.05) is 100 Å². The van der Waals surface area contributed by atoms with Crippen molar-refractivity contribution in [3.8, 4) is 0 Å². The van der Waals surface area contributed by atoms with Crippen molar-refractivity contribution in [1.82, 2.24) is 30.2 Å². The smallest absolute Gasteiger partial charge is 0.267 e. The van der Waals surface area contributed by atoms with Crippen LogP contribution in [0.2, 0.25) is 10.0 Å². The van der Waals surface area contributed by atoms with Gasteiger partial charge < -0.3 is 0 Å². The summed E-state index contributed by atoms with van der Waals surface area (Å²) in [6.07, 6.45) is 1.79. The van der Waals surface area contributed by atoms with E-state index < -0.39 is 5.37 Å². The second-order valence-electron chi connectivity index (χ2n) is 8.05. The number of benzene rings is 3. The van der Waals surface area contributed by atoms with Crippen LogP contribution in [0.4, 0.5) is 5.13 Å². The minimum atomic E-state index is -0.415. The molecule has 1 saturated heterocycles. The Kier molecular flexibility index (Phi) is 6.56. The lowest BCUT2D eigenvalue weighted by atomic mass is 10.2. The monoisotopic (exact) mass is 565 g/mol. The van der Waals surface area contributed by atoms with Crippen LogP contribution in [0.5, 0.6) is 0 Å². The topological polar surface area (TPSA) is 88.8 Å². The van der Waals surface area contributed by atoms with Crippen molar-refractivity contribution < 1.29 is 4.79 Å². The van der Waals surface area contributed by atoms with Crippen LogP contribution in [0.1, 0.15) is 21.5 Å². The number of hydrazine groups is 1. The first-order chi connectivity index (χ1) is 18.1. The SMILES string of the molecule is O=C1/C(=C/c2ccccc2Cl)SC(c2ccccc2Cl)N1Nc1nnc(Cn2nnc3ccccc32)s1. The first kappa shape index (κ1) is 23.9. The number of rotatable bonds is 6. The van der Waals surface area contributed by atoms with Gasteiger partial charge in [-0.25, -0.2) is 9.69 Å². The van der Waals surface area contributed by atoms with E-state index in [2.05, 4.69) is 25.9 Å². The molecule has 3 heterocycles. The molecule has 6 rings (SSSR count). The summed E-state index contributed by atoms with van der Waals surface area (Å²) in [5.74, 6) is -0.214. The Balaban J connectivity index is 1.29. The molecule has 3 aromatic carbocycles. The van der Waals surface area contributed by atoms with E-state index in [1.807, 2.05) is 60.7 Å². The summed E-state index contributed by atoms with van der Waals surface area (Å²) >= 11 is 15.6. The third kappa shape index (κ3) is 4.80. The molecule has 37 heavy (non-hydrogen) atoms. The highest BCUT2D eigenvalue weighted by Gasteiger charge is 2.39. The van der Waals surface area contributed by atoms with Crippen LogP contribution < -0.4 is 5.43 Å². The van der Waals surface area contributed by atoms with Gasteiger partial charge in [0.1, 0.15) is 15.9 Å². The van der Waals surface area contributed by atoms with E-state index in [1.165, 1.54) is 28.1 Å². The van der Waals surface area contributed by atoms with E-state index in [0.29, 0.717) is 26.6 Å². The van der Waals surface area contributed by atoms with Crippen molar-refractivity contribution in [3.63, 3.8) is 0 Å². The minimum Gasteiger partial charge on any atom is -0.267 e. The van der Waals surface area contributed by atoms with E-state index in [1.54, 1.807) is 22.9 Å². The number of amides is 1. The number of aromatic nitrogens is 5. The lowest BCUT2D eigenvalue weighted by molar-refractivity contribution is -0.124. The van der Waals surface area contributed by atoms with E-state index >= 15 is 0 Å². The number of fused-ring (bicyclic) bond motifs is 1. The van der Waals surface area contributed by atoms with Crippen LogP contribution >= 0.6 is 46.3 Å². The molecule has 0 saturated carbocycles. The predicted octanol–water partition coefficient (Wildman–Crippen LogP) is 6.28. The maximum Gasteiger partial charge on any atom is 0.280 e. The average molecular weight is 566 g/mol. The number of hydrogen-bond acceptors (Lipinski definition) is 8. The van der Waals surface area contributed by atoms with Gasteiger partial charge in [-0.15, -0.1) is 15.3 Å². The second kappa shape index (κ2) is 10.1. The molecule has 0 spiro atoms. The molecule has 1 aliphatic rings. The number of para-hydroxylation sites is 1. The highest BCUT2D eigenvalue weighted by atomic mass is 35.5. The molecule has 184 valence electrons. The lowest BCUT2D eigenvalue weighted by Crippen LogP contribution is -2.33. The fourth-order valence-corrected chi connectivity index (χ4v) is 6.33. The Morgan fingerprint density at radius 2 is 1.68 bits per heavy atom. The van der Waals surface area contributed by atoms with Crippen molar-refractivity contribution in [2.75, 3.05) is 5.43 Å². The van der Waals surface area contributed by atoms with Gasteiger partial charge in [0.05, 0.1) is 17.0 Å². The Labute approximate surface area is 229 Å². The fraction of sp³-hybridized carbons (Fsp3) is 0.0800. The lowest BCUT2D eigenvalue weighted by Gasteiger charge is -2.24. The highest BCUT2D eigenvalue weighted by Crippen LogP contribution is 2.48. The Morgan fingerprint density at radius 1 is 0.919 bits per heavy atom. The summed E-state index contributed by atoms with van der Waals surface area (Å²) in [7, 11) is 0. The van der Waals surface area contributed by atoms with Gasteiger partial charge in [-0.2, -0.15) is 0 Å². The summed E-state index contributed by atoms with van der Waals surface area (Å²) in [6, 6.07) is 22.6. The summed E-state index contributed by atoms with van der Waals surface area (Å²) in [4.78, 5) is 14.1. The quantitative estimate of drug-likeness (QED) is 0.242. The van der Waals surface area contributed by atoms with E-state index in [0.717, 1.165) is 27.2 Å². The van der Waals surface area contributed by atoms with Crippen molar-refractivity contribution in [3.05, 3.63) is 104 Å². The minimum absolute atomic E-state index is 0.214. The molecule has 1 amide bonds. The molecular formula is C25H17Cl2N7OS2. The third-order valence-electron chi connectivity index (χ3n) is 5.65. The number of carbonyl (C=O) groups excluding carboxylic acids is 1. The van der Waals surface area contributed by atoms with Crippen molar-refractivity contribution in [2.24, 2.45) is 0 Å². The van der Waals surface area contributed by atoms with Gasteiger partial charge in [-0.3, -0.25) is 10.2 Å². The first-order valence-corrected chi connectivity index (χ1v) is 13.6. The van der Waals surface area contributed by atoms with E-state index in [4.69, 9.17) is 23.2 Å². The Bertz CT molecular complexity index is 1650. The third-order valence-corrected chi connectivity index (χ3v) is 8.39. The number of halogens is 2. The number of hydrogen-bond donors (Lipinski definition) is 1. The molecule has 12 heteroatoms. The summed E-state index contributed by atoms with van der Waals surface area (Å²) < 4.78 is 1.77. The molecule has 1 unspecified atom stereocenters. The van der Waals surface area contributed by atoms with Crippen molar-refractivity contribution in [1.29, 1.82) is 0 Å². The molecule has 1 aliphatic heterocycles. The van der Waals surface area contributed by atoms with Crippen LogP contribution in [0.15, 0.2) is 77.7 Å². The normalized spacial score (nSPS) is 16.7. The standard InChI is InChI=1S/C25H17Cl2N7OS2/c26-17-9-3-1-7-15(17)13-21-23(35)34(24(36-21)16-8-2-4-10-18(16)27)31-25-30-29-22(37-25)14-33-20-12-6-5-11-19(20)28-32-33/h1-13,24H,14H2,(H,30,31)/b21-13-. The summed E-state index contributed by atoms with van der Waals surface area (Å²) in [6.45, 7) is 0.411. The summed E-state index contributed by atoms with van der Waals surface area (Å²) in [5, 5.41) is 20.4. The van der Waals surface area contributed by atoms with Gasteiger partial charge in [0.15, 0.2) is 0 Å². The van der Waals surface area contributed by atoms with E-state index in [-0.39, 0.29) is 5.91 Å². The maximum absolute atomic E-state index is 13.6. The van der Waals surface area contributed by atoms with Gasteiger partial charge in [0.25, 0.3) is 5.91 Å². The molecule has 1 fully saturated rings. The molecule has 0 aliphatic carbocycles. The van der Waals surface area contributed by atoms with Crippen molar-refractivity contribution in [2.45, 2.75) is 11.9 Å². The molecule has 0 bridgehead atoms. The van der Waals surface area contributed by atoms with Gasteiger partial charge >= 0.3 is 0 Å². The van der Waals surface area contributed by atoms with Crippen LogP contribution in [-0.4, -0.2) is 36.1 Å². The zero-order valence-corrected chi connectivity index (χ0v) is 22.1. The van der Waals surface area contributed by atoms with Gasteiger partial charge in [-0.05, 0) is 35.9 Å². The van der Waals surface area contributed by atoms with Crippen LogP contribution in [0, 0.1) is 0 Å². The van der Waals surface area contributed by atoms with Gasteiger partial charge in [0, 0.05) is 15.6 Å². The average Bonchev–Trinajstić information content (AvgIpc) is 3.61. The molecule has 2 aromatic heterocycles. The summed E-state index contributed by atoms with van der Waals surface area (Å²) in [5.41, 5.74) is 6.45. The zero-order chi connectivity index (χ0) is 25.4. The number of nitrogens with one attached hydrogen (secondary N) is 1. The van der Waals surface area contributed by atoms with Crippen LogP contribution in [0.3, 0.4) is 0 Å². The molecule has 0 radical (unpaired) electrons. The zero-order valence-electron chi connectivity index (χ0n) is 19.0. The Hall–Kier alpha value is -3.44. The number of carbonyl (C=O) groups is 1. The number of anilines is 1. The molecular weight excluding hydrogens is 549 g/mol.